The van der Waals surface area contributed by atoms with Gasteiger partial charge in [0.1, 0.15) is 11.9 Å². The molecule has 0 bridgehead atoms. The van der Waals surface area contributed by atoms with Gasteiger partial charge in [0.15, 0.2) is 5.78 Å². The smallest absolute Gasteiger partial charge is 0.267 e. The van der Waals surface area contributed by atoms with Gasteiger partial charge in [-0.3, -0.25) is 14.4 Å². The number of nitrogens with zero attached hydrogens (tertiary/aromatic N) is 1. The molecular formula is C19H17FN2O5S. The Kier molecular flexibility index (Phi) is 5.28. The summed E-state index contributed by atoms with van der Waals surface area (Å²) in [6.45, 7) is 1.38. The summed E-state index contributed by atoms with van der Waals surface area (Å²) in [6.07, 6.45) is -0.0799. The summed E-state index contributed by atoms with van der Waals surface area (Å²) < 4.78 is 39.3. The third-order valence-electron chi connectivity index (χ3n) is 4.37. The minimum atomic E-state index is -4.31. The fraction of sp³-hybridized carbons (Fsp3) is 0.211. The molecule has 7 nitrogen and oxygen atoms in total. The van der Waals surface area contributed by atoms with E-state index in [9.17, 15) is 27.2 Å². The normalized spacial score (nSPS) is 16.9. The molecule has 1 aliphatic heterocycles. The van der Waals surface area contributed by atoms with Crippen LogP contribution in [0, 0.1) is 5.82 Å². The summed E-state index contributed by atoms with van der Waals surface area (Å²) in [7, 11) is -4.31. The van der Waals surface area contributed by atoms with Gasteiger partial charge in [-0.25, -0.2) is 17.1 Å². The van der Waals surface area contributed by atoms with E-state index in [1.54, 1.807) is 18.2 Å². The van der Waals surface area contributed by atoms with Crippen LogP contribution in [0.1, 0.15) is 30.1 Å². The van der Waals surface area contributed by atoms with Gasteiger partial charge in [-0.1, -0.05) is 12.1 Å². The van der Waals surface area contributed by atoms with Gasteiger partial charge < -0.3 is 5.32 Å². The van der Waals surface area contributed by atoms with Crippen LogP contribution in [-0.4, -0.2) is 36.4 Å². The first-order chi connectivity index (χ1) is 13.2. The minimum Gasteiger partial charge on any atom is -0.324 e. The summed E-state index contributed by atoms with van der Waals surface area (Å²) in [5.41, 5.74) is 0.701. The maximum Gasteiger partial charge on any atom is 0.267 e. The number of sulfonamides is 1. The van der Waals surface area contributed by atoms with Crippen molar-refractivity contribution in [2.24, 2.45) is 0 Å². The van der Waals surface area contributed by atoms with Gasteiger partial charge in [-0.2, -0.15) is 0 Å². The van der Waals surface area contributed by atoms with Gasteiger partial charge >= 0.3 is 0 Å². The quantitative estimate of drug-likeness (QED) is 0.771. The highest BCUT2D eigenvalue weighted by molar-refractivity contribution is 7.89. The molecule has 146 valence electrons. The Hall–Kier alpha value is -3.07. The fourth-order valence-electron chi connectivity index (χ4n) is 2.96. The Morgan fingerprint density at radius 3 is 2.46 bits per heavy atom. The molecule has 1 fully saturated rings. The number of carbonyl (C=O) groups excluding carboxylic acids is 3. The molecule has 0 spiro atoms. The molecule has 0 saturated carbocycles. The Morgan fingerprint density at radius 1 is 1.14 bits per heavy atom. The Labute approximate surface area is 161 Å². The van der Waals surface area contributed by atoms with E-state index in [4.69, 9.17) is 0 Å². The molecule has 9 heteroatoms. The second-order valence-corrected chi connectivity index (χ2v) is 8.14. The van der Waals surface area contributed by atoms with Gasteiger partial charge in [0.2, 0.25) is 11.8 Å². The molecule has 2 amide bonds. The summed E-state index contributed by atoms with van der Waals surface area (Å²) >= 11 is 0. The molecule has 0 aliphatic carbocycles. The number of carbonyl (C=O) groups is 3. The van der Waals surface area contributed by atoms with E-state index < -0.39 is 33.7 Å². The van der Waals surface area contributed by atoms with Crippen molar-refractivity contribution in [3.8, 4) is 0 Å². The number of benzene rings is 2. The first-order valence-electron chi connectivity index (χ1n) is 8.45. The lowest BCUT2D eigenvalue weighted by Crippen LogP contribution is -2.45. The lowest BCUT2D eigenvalue weighted by Gasteiger charge is -2.23. The maximum absolute atomic E-state index is 13.1. The van der Waals surface area contributed by atoms with Crippen LogP contribution in [0.15, 0.2) is 53.4 Å². The highest BCUT2D eigenvalue weighted by Crippen LogP contribution is 2.28. The number of halogens is 1. The second-order valence-electron chi connectivity index (χ2n) is 6.33. The lowest BCUT2D eigenvalue weighted by atomic mass is 10.1. The molecule has 28 heavy (non-hydrogen) atoms. The molecule has 1 N–H and O–H groups in total. The number of nitrogens with one attached hydrogen (secondary N) is 1. The van der Waals surface area contributed by atoms with Crippen molar-refractivity contribution in [1.29, 1.82) is 0 Å². The minimum absolute atomic E-state index is 0.0253. The van der Waals surface area contributed by atoms with Crippen molar-refractivity contribution in [1.82, 2.24) is 4.31 Å². The molecule has 3 rings (SSSR count). The number of amides is 2. The largest absolute Gasteiger partial charge is 0.324 e. The van der Waals surface area contributed by atoms with E-state index in [-0.39, 0.29) is 23.5 Å². The first-order valence-corrected chi connectivity index (χ1v) is 9.89. The monoisotopic (exact) mass is 404 g/mol. The fourth-order valence-corrected chi connectivity index (χ4v) is 4.56. The third kappa shape index (κ3) is 3.79. The average Bonchev–Trinajstić information content (AvgIpc) is 3.05. The highest BCUT2D eigenvalue weighted by atomic mass is 32.2. The van der Waals surface area contributed by atoms with Gasteiger partial charge in [0.05, 0.1) is 4.90 Å². The molecule has 1 heterocycles. The maximum atomic E-state index is 13.1. The summed E-state index contributed by atoms with van der Waals surface area (Å²) in [5.74, 6) is -2.20. The molecule has 2 aromatic carbocycles. The molecule has 1 aliphatic rings. The van der Waals surface area contributed by atoms with E-state index in [2.05, 4.69) is 5.32 Å². The van der Waals surface area contributed by atoms with E-state index >= 15 is 0 Å². The van der Waals surface area contributed by atoms with Crippen LogP contribution in [0.4, 0.5) is 10.1 Å². The zero-order chi connectivity index (χ0) is 20.5. The Morgan fingerprint density at radius 2 is 1.82 bits per heavy atom. The van der Waals surface area contributed by atoms with Crippen LogP contribution in [0.3, 0.4) is 0 Å². The van der Waals surface area contributed by atoms with Crippen molar-refractivity contribution < 1.29 is 27.2 Å². The Bertz CT molecular complexity index is 1050. The van der Waals surface area contributed by atoms with Crippen LogP contribution in [-0.2, 0) is 19.6 Å². The van der Waals surface area contributed by atoms with Crippen LogP contribution in [0.25, 0.3) is 0 Å². The van der Waals surface area contributed by atoms with Crippen molar-refractivity contribution in [3.63, 3.8) is 0 Å². The van der Waals surface area contributed by atoms with Gasteiger partial charge in [-0.15, -0.1) is 0 Å². The van der Waals surface area contributed by atoms with Crippen LogP contribution in [0.5, 0.6) is 0 Å². The van der Waals surface area contributed by atoms with Crippen molar-refractivity contribution >= 4 is 33.3 Å². The predicted octanol–water partition coefficient (Wildman–Crippen LogP) is 2.35. The van der Waals surface area contributed by atoms with Gasteiger partial charge in [0, 0.05) is 17.7 Å². The number of ketones is 1. The van der Waals surface area contributed by atoms with Crippen molar-refractivity contribution in [2.45, 2.75) is 30.7 Å². The summed E-state index contributed by atoms with van der Waals surface area (Å²) in [5, 5.41) is 2.55. The van der Waals surface area contributed by atoms with Crippen LogP contribution in [0.2, 0.25) is 0 Å². The summed E-state index contributed by atoms with van der Waals surface area (Å²) in [4.78, 5) is 36.1. The first kappa shape index (κ1) is 19.7. The number of rotatable bonds is 5. The molecular weight excluding hydrogens is 387 g/mol. The van der Waals surface area contributed by atoms with E-state index in [1.807, 2.05) is 0 Å². The number of hydrogen-bond donors (Lipinski definition) is 1. The van der Waals surface area contributed by atoms with E-state index in [0.29, 0.717) is 15.6 Å². The molecule has 2 aromatic rings. The molecule has 0 unspecified atom stereocenters. The van der Waals surface area contributed by atoms with Crippen molar-refractivity contribution in [3.05, 3.63) is 59.9 Å². The average molecular weight is 404 g/mol. The molecule has 0 radical (unpaired) electrons. The van der Waals surface area contributed by atoms with Gasteiger partial charge in [-0.05, 0) is 49.7 Å². The number of anilines is 1. The van der Waals surface area contributed by atoms with Gasteiger partial charge in [0.25, 0.3) is 10.0 Å². The van der Waals surface area contributed by atoms with Crippen molar-refractivity contribution in [2.75, 3.05) is 5.32 Å². The zero-order valence-corrected chi connectivity index (χ0v) is 15.7. The molecule has 1 saturated heterocycles. The van der Waals surface area contributed by atoms with Crippen LogP contribution >= 0.6 is 0 Å². The lowest BCUT2D eigenvalue weighted by molar-refractivity contribution is -0.128. The number of hydrogen-bond acceptors (Lipinski definition) is 5. The summed E-state index contributed by atoms with van der Waals surface area (Å²) in [6, 6.07) is 8.98. The topological polar surface area (TPSA) is 101 Å². The predicted molar refractivity (Wildman–Crippen MR) is 98.5 cm³/mol. The zero-order valence-electron chi connectivity index (χ0n) is 14.9. The standard InChI is InChI=1S/C19H17FN2O5S/c1-12(23)13-3-2-4-15(11-13)21-19(25)17-9-10-18(24)22(17)28(26,27)16-7-5-14(20)6-8-16/h2-8,11,17H,9-10H2,1H3,(H,21,25)/t17-/m1/s1. The van der Waals surface area contributed by atoms with Crippen LogP contribution < -0.4 is 5.32 Å². The second kappa shape index (κ2) is 7.51. The Balaban J connectivity index is 1.87. The van der Waals surface area contributed by atoms with E-state index in [1.165, 1.54) is 13.0 Å². The third-order valence-corrected chi connectivity index (χ3v) is 6.21. The SMILES string of the molecule is CC(=O)c1cccc(NC(=O)[C@H]2CCC(=O)N2S(=O)(=O)c2ccc(F)cc2)c1. The molecule has 1 atom stereocenters. The highest BCUT2D eigenvalue weighted by Gasteiger charge is 2.44. The number of Topliss-reactive ketones (excluding diaryl/α,β-unsaturated/α-hetero) is 1. The molecule has 0 aromatic heterocycles. The van der Waals surface area contributed by atoms with E-state index in [0.717, 1.165) is 24.3 Å².